The largest absolute Gasteiger partial charge is 0.493 e. The summed E-state index contributed by atoms with van der Waals surface area (Å²) in [6, 6.07) is 24.1. The van der Waals surface area contributed by atoms with Crippen LogP contribution in [0.1, 0.15) is 25.1 Å². The van der Waals surface area contributed by atoms with Crippen molar-refractivity contribution in [1.82, 2.24) is 14.5 Å². The van der Waals surface area contributed by atoms with Crippen LogP contribution < -0.4 is 18.9 Å². The predicted octanol–water partition coefficient (Wildman–Crippen LogP) is 7.60. The van der Waals surface area contributed by atoms with Crippen LogP contribution in [0, 0.1) is 5.82 Å². The molecule has 0 unspecified atom stereocenters. The molecule has 0 fully saturated rings. The molecule has 7 nitrogen and oxygen atoms in total. The van der Waals surface area contributed by atoms with E-state index in [2.05, 4.69) is 23.4 Å². The molecule has 0 bridgehead atoms. The van der Waals surface area contributed by atoms with Crippen molar-refractivity contribution in [3.63, 3.8) is 0 Å². The Morgan fingerprint density at radius 2 is 1.49 bits per heavy atom. The summed E-state index contributed by atoms with van der Waals surface area (Å²) in [6.07, 6.45) is 3.67. The van der Waals surface area contributed by atoms with Crippen molar-refractivity contribution in [3.8, 4) is 39.9 Å². The Bertz CT molecular complexity index is 1650. The van der Waals surface area contributed by atoms with E-state index in [0.29, 0.717) is 29.7 Å². The van der Waals surface area contributed by atoms with Crippen LogP contribution in [-0.4, -0.2) is 48.2 Å². The highest BCUT2D eigenvalue weighted by Crippen LogP contribution is 2.39. The highest BCUT2D eigenvalue weighted by Gasteiger charge is 2.30. The van der Waals surface area contributed by atoms with E-state index < -0.39 is 5.41 Å². The van der Waals surface area contributed by atoms with Gasteiger partial charge in [0.2, 0.25) is 5.88 Å². The normalized spacial score (nSPS) is 11.3. The van der Waals surface area contributed by atoms with Gasteiger partial charge in [-0.3, -0.25) is 4.57 Å². The standard InChI is InChI=1S/C34H34FN3O4S/c1-34(2,25-9-16-29(39-3)30(20-25)40-4)31-22-37-33(38(31)27-12-10-26(35)11-13-27)43-19-18-42-28-14-6-23(7-15-28)24-8-17-32(41-5)36-21-24/h6-17,20-22H,18-19H2,1-5H3. The number of benzene rings is 3. The van der Waals surface area contributed by atoms with Gasteiger partial charge in [-0.25, -0.2) is 14.4 Å². The summed E-state index contributed by atoms with van der Waals surface area (Å²) in [5, 5.41) is 0.793. The third kappa shape index (κ3) is 6.62. The number of methoxy groups -OCH3 is 3. The number of hydrogen-bond donors (Lipinski definition) is 0. The number of nitrogens with zero attached hydrogens (tertiary/aromatic N) is 3. The summed E-state index contributed by atoms with van der Waals surface area (Å²) < 4.78 is 38.1. The first kappa shape index (κ1) is 30.0. The first-order valence-corrected chi connectivity index (χ1v) is 14.8. The van der Waals surface area contributed by atoms with Gasteiger partial charge in [-0.2, -0.15) is 0 Å². The molecule has 2 heterocycles. The van der Waals surface area contributed by atoms with E-state index >= 15 is 0 Å². The number of halogens is 1. The third-order valence-corrected chi connectivity index (χ3v) is 8.19. The number of imidazole rings is 1. The number of hydrogen-bond acceptors (Lipinski definition) is 7. The van der Waals surface area contributed by atoms with Gasteiger partial charge in [0.25, 0.3) is 0 Å². The van der Waals surface area contributed by atoms with Crippen molar-refractivity contribution in [3.05, 3.63) is 108 Å². The summed E-state index contributed by atoms with van der Waals surface area (Å²) >= 11 is 1.58. The minimum atomic E-state index is -0.461. The number of ether oxygens (including phenoxy) is 4. The lowest BCUT2D eigenvalue weighted by molar-refractivity contribution is 0.344. The fourth-order valence-corrected chi connectivity index (χ4v) is 5.61. The molecular formula is C34H34FN3O4S. The Kier molecular flexibility index (Phi) is 9.21. The Labute approximate surface area is 255 Å². The summed E-state index contributed by atoms with van der Waals surface area (Å²) in [6.45, 7) is 4.75. The maximum atomic E-state index is 13.9. The van der Waals surface area contributed by atoms with Crippen LogP contribution in [0.5, 0.6) is 23.1 Å². The Balaban J connectivity index is 1.32. The van der Waals surface area contributed by atoms with Crippen LogP contribution in [0.25, 0.3) is 16.8 Å². The molecule has 0 N–H and O–H groups in total. The van der Waals surface area contributed by atoms with Crippen molar-refractivity contribution in [2.24, 2.45) is 0 Å². The number of thioether (sulfide) groups is 1. The number of pyridine rings is 1. The van der Waals surface area contributed by atoms with E-state index in [4.69, 9.17) is 23.9 Å². The minimum Gasteiger partial charge on any atom is -0.493 e. The van der Waals surface area contributed by atoms with Crippen LogP contribution in [0.4, 0.5) is 4.39 Å². The second-order valence-corrected chi connectivity index (χ2v) is 11.3. The fourth-order valence-electron chi connectivity index (χ4n) is 4.80. The molecule has 0 aliphatic rings. The van der Waals surface area contributed by atoms with Crippen LogP contribution in [-0.2, 0) is 5.41 Å². The molecule has 9 heteroatoms. The second kappa shape index (κ2) is 13.2. The molecule has 222 valence electrons. The van der Waals surface area contributed by atoms with Gasteiger partial charge in [-0.1, -0.05) is 43.8 Å². The number of rotatable bonds is 12. The van der Waals surface area contributed by atoms with Crippen molar-refractivity contribution in [2.45, 2.75) is 24.4 Å². The average molecular weight is 600 g/mol. The van der Waals surface area contributed by atoms with Gasteiger partial charge in [0, 0.05) is 34.7 Å². The summed E-state index contributed by atoms with van der Waals surface area (Å²) in [4.78, 5) is 9.06. The molecule has 0 spiro atoms. The predicted molar refractivity (Wildman–Crippen MR) is 168 cm³/mol. The molecular weight excluding hydrogens is 565 g/mol. The van der Waals surface area contributed by atoms with Crippen molar-refractivity contribution in [2.75, 3.05) is 33.7 Å². The second-order valence-electron chi connectivity index (χ2n) is 10.2. The number of aromatic nitrogens is 3. The lowest BCUT2D eigenvalue weighted by Gasteiger charge is -2.28. The lowest BCUT2D eigenvalue weighted by Crippen LogP contribution is -2.23. The molecule has 0 aliphatic heterocycles. The van der Waals surface area contributed by atoms with Gasteiger partial charge < -0.3 is 18.9 Å². The van der Waals surface area contributed by atoms with Gasteiger partial charge >= 0.3 is 0 Å². The van der Waals surface area contributed by atoms with E-state index in [1.165, 1.54) is 12.1 Å². The van der Waals surface area contributed by atoms with Crippen LogP contribution in [0.3, 0.4) is 0 Å². The van der Waals surface area contributed by atoms with E-state index in [0.717, 1.165) is 39.0 Å². The topological polar surface area (TPSA) is 67.6 Å². The summed E-state index contributed by atoms with van der Waals surface area (Å²) in [5.41, 5.74) is 4.40. The summed E-state index contributed by atoms with van der Waals surface area (Å²) in [7, 11) is 4.85. The third-order valence-electron chi connectivity index (χ3n) is 7.28. The van der Waals surface area contributed by atoms with Gasteiger partial charge in [0.05, 0.1) is 39.8 Å². The van der Waals surface area contributed by atoms with Crippen LogP contribution >= 0.6 is 11.8 Å². The molecule has 0 saturated heterocycles. The highest BCUT2D eigenvalue weighted by atomic mass is 32.2. The Morgan fingerprint density at radius 1 is 0.767 bits per heavy atom. The van der Waals surface area contributed by atoms with Gasteiger partial charge in [-0.05, 0) is 65.7 Å². The summed E-state index contributed by atoms with van der Waals surface area (Å²) in [5.74, 6) is 3.06. The molecule has 0 amide bonds. The van der Waals surface area contributed by atoms with E-state index in [-0.39, 0.29) is 5.82 Å². The van der Waals surface area contributed by atoms with Gasteiger partial charge in [0.1, 0.15) is 11.6 Å². The van der Waals surface area contributed by atoms with E-state index in [9.17, 15) is 4.39 Å². The van der Waals surface area contributed by atoms with Crippen LogP contribution in [0.15, 0.2) is 96.4 Å². The molecule has 5 rings (SSSR count). The first-order chi connectivity index (χ1) is 20.8. The quantitative estimate of drug-likeness (QED) is 0.108. The molecule has 0 saturated carbocycles. The zero-order chi connectivity index (χ0) is 30.4. The highest BCUT2D eigenvalue weighted by molar-refractivity contribution is 7.99. The Morgan fingerprint density at radius 3 is 2.14 bits per heavy atom. The lowest BCUT2D eigenvalue weighted by atomic mass is 9.81. The molecule has 5 aromatic rings. The van der Waals surface area contributed by atoms with Crippen molar-refractivity contribution < 1.29 is 23.3 Å². The van der Waals surface area contributed by atoms with Gasteiger partial charge in [-0.15, -0.1) is 0 Å². The van der Waals surface area contributed by atoms with E-state index in [1.54, 1.807) is 51.4 Å². The van der Waals surface area contributed by atoms with Crippen LogP contribution in [0.2, 0.25) is 0 Å². The molecule has 0 atom stereocenters. The van der Waals surface area contributed by atoms with Gasteiger partial charge in [0.15, 0.2) is 16.7 Å². The fraction of sp³-hybridized carbons (Fsp3) is 0.235. The molecule has 0 aliphatic carbocycles. The molecule has 3 aromatic carbocycles. The SMILES string of the molecule is COc1ccc(-c2ccc(OCCSc3ncc(C(C)(C)c4ccc(OC)c(OC)c4)n3-c3ccc(F)cc3)cc2)cn1. The zero-order valence-electron chi connectivity index (χ0n) is 24.8. The monoisotopic (exact) mass is 599 g/mol. The molecule has 0 radical (unpaired) electrons. The maximum absolute atomic E-state index is 13.9. The minimum absolute atomic E-state index is 0.290. The van der Waals surface area contributed by atoms with E-state index in [1.807, 2.05) is 60.8 Å². The Hall–Kier alpha value is -4.50. The maximum Gasteiger partial charge on any atom is 0.212 e. The molecule has 2 aromatic heterocycles. The first-order valence-electron chi connectivity index (χ1n) is 13.8. The average Bonchev–Trinajstić information content (AvgIpc) is 3.48. The molecule has 43 heavy (non-hydrogen) atoms. The zero-order valence-corrected chi connectivity index (χ0v) is 25.7. The smallest absolute Gasteiger partial charge is 0.212 e. The van der Waals surface area contributed by atoms with Crippen molar-refractivity contribution in [1.29, 1.82) is 0 Å². The van der Waals surface area contributed by atoms with Crippen molar-refractivity contribution >= 4 is 11.8 Å².